The number of hydrogen-bond donors (Lipinski definition) is 0. The molecule has 2 heterocycles. The topological polar surface area (TPSA) is 68.1 Å². The number of carbonyl (C=O) groups is 1. The molecular formula is C27H22N4O2S2. The van der Waals surface area contributed by atoms with Crippen molar-refractivity contribution >= 4 is 50.7 Å². The zero-order chi connectivity index (χ0) is 24.2. The SMILES string of the molecule is CC(=O)N(c1ccccc1)c1nc(CSc2nc3ccccc3c(=O)n2Cc2ccccc2)cs1. The van der Waals surface area contributed by atoms with Gasteiger partial charge in [-0.2, -0.15) is 0 Å². The van der Waals surface area contributed by atoms with E-state index >= 15 is 0 Å². The van der Waals surface area contributed by atoms with Gasteiger partial charge in [-0.3, -0.25) is 19.1 Å². The first kappa shape index (κ1) is 23.0. The first-order valence-corrected chi connectivity index (χ1v) is 12.9. The fourth-order valence-electron chi connectivity index (χ4n) is 3.77. The van der Waals surface area contributed by atoms with E-state index in [2.05, 4.69) is 0 Å². The Morgan fingerprint density at radius 3 is 2.37 bits per heavy atom. The smallest absolute Gasteiger partial charge is 0.262 e. The molecule has 0 saturated carbocycles. The third-order valence-electron chi connectivity index (χ3n) is 5.42. The minimum atomic E-state index is -0.0994. The summed E-state index contributed by atoms with van der Waals surface area (Å²) in [5.41, 5.74) is 3.25. The number of thioether (sulfide) groups is 1. The Morgan fingerprint density at radius 2 is 1.63 bits per heavy atom. The minimum absolute atomic E-state index is 0.0623. The maximum Gasteiger partial charge on any atom is 0.262 e. The Bertz CT molecular complexity index is 1530. The summed E-state index contributed by atoms with van der Waals surface area (Å²) in [6.45, 7) is 1.97. The Labute approximate surface area is 210 Å². The first-order chi connectivity index (χ1) is 17.1. The van der Waals surface area contributed by atoms with Crippen LogP contribution in [0.2, 0.25) is 0 Å². The molecule has 0 unspecified atom stereocenters. The summed E-state index contributed by atoms with van der Waals surface area (Å²) >= 11 is 2.89. The Hall–Kier alpha value is -3.75. The average Bonchev–Trinajstić information content (AvgIpc) is 3.34. The molecule has 0 aliphatic carbocycles. The fourth-order valence-corrected chi connectivity index (χ4v) is 5.65. The van der Waals surface area contributed by atoms with E-state index in [9.17, 15) is 9.59 Å². The Kier molecular flexibility index (Phi) is 6.74. The van der Waals surface area contributed by atoms with Gasteiger partial charge in [0.25, 0.3) is 5.56 Å². The molecule has 3 aromatic carbocycles. The Morgan fingerprint density at radius 1 is 0.943 bits per heavy atom. The van der Waals surface area contributed by atoms with E-state index < -0.39 is 0 Å². The van der Waals surface area contributed by atoms with Gasteiger partial charge in [-0.25, -0.2) is 9.97 Å². The maximum absolute atomic E-state index is 13.3. The Balaban J connectivity index is 1.44. The van der Waals surface area contributed by atoms with Crippen molar-refractivity contribution in [2.24, 2.45) is 0 Å². The summed E-state index contributed by atoms with van der Waals surface area (Å²) in [4.78, 5) is 36.8. The second-order valence-corrected chi connectivity index (χ2v) is 9.67. The van der Waals surface area contributed by atoms with E-state index in [0.29, 0.717) is 33.5 Å². The number of nitrogens with zero attached hydrogens (tertiary/aromatic N) is 4. The second kappa shape index (κ2) is 10.2. The van der Waals surface area contributed by atoms with E-state index in [1.165, 1.54) is 30.0 Å². The van der Waals surface area contributed by atoms with Crippen LogP contribution >= 0.6 is 23.1 Å². The number of para-hydroxylation sites is 2. The number of amides is 1. The maximum atomic E-state index is 13.3. The number of aromatic nitrogens is 3. The molecule has 0 saturated heterocycles. The van der Waals surface area contributed by atoms with Gasteiger partial charge in [-0.1, -0.05) is 72.4 Å². The molecular weight excluding hydrogens is 476 g/mol. The summed E-state index contributed by atoms with van der Waals surface area (Å²) in [6.07, 6.45) is 0. The number of anilines is 2. The molecule has 0 atom stereocenters. The van der Waals surface area contributed by atoms with Crippen LogP contribution in [0.1, 0.15) is 18.2 Å². The highest BCUT2D eigenvalue weighted by Crippen LogP contribution is 2.31. The van der Waals surface area contributed by atoms with Crippen molar-refractivity contribution in [3.8, 4) is 0 Å². The van der Waals surface area contributed by atoms with Gasteiger partial charge in [0.1, 0.15) is 0 Å². The molecule has 6 nitrogen and oxygen atoms in total. The minimum Gasteiger partial charge on any atom is -0.283 e. The number of rotatable bonds is 7. The summed E-state index contributed by atoms with van der Waals surface area (Å²) < 4.78 is 1.72. The monoisotopic (exact) mass is 498 g/mol. The molecule has 2 aromatic heterocycles. The van der Waals surface area contributed by atoms with E-state index in [4.69, 9.17) is 9.97 Å². The van der Waals surface area contributed by atoms with Gasteiger partial charge in [0.2, 0.25) is 5.91 Å². The van der Waals surface area contributed by atoms with Crippen LogP contribution in [-0.4, -0.2) is 20.4 Å². The summed E-state index contributed by atoms with van der Waals surface area (Å²) in [7, 11) is 0. The predicted molar refractivity (Wildman–Crippen MR) is 142 cm³/mol. The molecule has 0 spiro atoms. The van der Waals surface area contributed by atoms with Crippen molar-refractivity contribution in [2.75, 3.05) is 4.90 Å². The lowest BCUT2D eigenvalue weighted by molar-refractivity contribution is -0.115. The number of thiazole rings is 1. The fraction of sp³-hybridized carbons (Fsp3) is 0.111. The van der Waals surface area contributed by atoms with Crippen molar-refractivity contribution in [3.05, 3.63) is 112 Å². The van der Waals surface area contributed by atoms with Crippen molar-refractivity contribution in [1.82, 2.24) is 14.5 Å². The van der Waals surface area contributed by atoms with E-state index in [1.54, 1.807) is 9.47 Å². The van der Waals surface area contributed by atoms with Crippen LogP contribution in [0.15, 0.2) is 100 Å². The number of benzene rings is 3. The van der Waals surface area contributed by atoms with Crippen LogP contribution in [0, 0.1) is 0 Å². The van der Waals surface area contributed by atoms with Gasteiger partial charge >= 0.3 is 0 Å². The lowest BCUT2D eigenvalue weighted by atomic mass is 10.2. The van der Waals surface area contributed by atoms with Crippen molar-refractivity contribution in [1.29, 1.82) is 0 Å². The summed E-state index contributed by atoms with van der Waals surface area (Å²) in [5.74, 6) is 0.425. The van der Waals surface area contributed by atoms with Gasteiger partial charge in [-0.05, 0) is 29.8 Å². The highest BCUT2D eigenvalue weighted by atomic mass is 32.2. The van der Waals surface area contributed by atoms with Crippen LogP contribution in [0.4, 0.5) is 10.8 Å². The largest absolute Gasteiger partial charge is 0.283 e. The van der Waals surface area contributed by atoms with E-state index in [-0.39, 0.29) is 11.5 Å². The van der Waals surface area contributed by atoms with E-state index in [1.807, 2.05) is 90.3 Å². The molecule has 8 heteroatoms. The summed E-state index contributed by atoms with van der Waals surface area (Å²) in [5, 5.41) is 3.80. The zero-order valence-electron chi connectivity index (χ0n) is 19.0. The normalized spacial score (nSPS) is 11.0. The zero-order valence-corrected chi connectivity index (χ0v) is 20.6. The van der Waals surface area contributed by atoms with Crippen LogP contribution in [0.3, 0.4) is 0 Å². The van der Waals surface area contributed by atoms with Gasteiger partial charge < -0.3 is 0 Å². The van der Waals surface area contributed by atoms with E-state index in [0.717, 1.165) is 16.9 Å². The number of fused-ring (bicyclic) bond motifs is 1. The molecule has 0 bridgehead atoms. The molecule has 0 fully saturated rings. The number of hydrogen-bond acceptors (Lipinski definition) is 6. The van der Waals surface area contributed by atoms with Gasteiger partial charge in [0.05, 0.1) is 28.8 Å². The van der Waals surface area contributed by atoms with Gasteiger partial charge in [0.15, 0.2) is 10.3 Å². The van der Waals surface area contributed by atoms with Gasteiger partial charge in [0, 0.05) is 18.1 Å². The first-order valence-electron chi connectivity index (χ1n) is 11.1. The van der Waals surface area contributed by atoms with Crippen LogP contribution in [0.25, 0.3) is 10.9 Å². The lowest BCUT2D eigenvalue weighted by Crippen LogP contribution is -2.24. The molecule has 0 N–H and O–H groups in total. The molecule has 35 heavy (non-hydrogen) atoms. The van der Waals surface area contributed by atoms with Crippen molar-refractivity contribution < 1.29 is 4.79 Å². The van der Waals surface area contributed by atoms with Crippen molar-refractivity contribution in [2.45, 2.75) is 24.4 Å². The van der Waals surface area contributed by atoms with Crippen LogP contribution in [0.5, 0.6) is 0 Å². The third kappa shape index (κ3) is 5.03. The molecule has 1 amide bonds. The molecule has 174 valence electrons. The van der Waals surface area contributed by atoms with Crippen LogP contribution in [-0.2, 0) is 17.1 Å². The second-order valence-electron chi connectivity index (χ2n) is 7.89. The quantitative estimate of drug-likeness (QED) is 0.207. The standard InChI is InChI=1S/C27H22N4O2S2/c1-19(32)31(22-12-6-3-7-13-22)27-28-21(18-35-27)17-34-26-29-24-15-9-8-14-23(24)25(33)30(26)16-20-10-4-2-5-11-20/h2-15,18H,16-17H2,1H3. The van der Waals surface area contributed by atoms with Crippen LogP contribution < -0.4 is 10.5 Å². The molecule has 0 aliphatic heterocycles. The molecule has 0 aliphatic rings. The third-order valence-corrected chi connectivity index (χ3v) is 7.30. The predicted octanol–water partition coefficient (Wildman–Crippen LogP) is 5.88. The molecule has 0 radical (unpaired) electrons. The van der Waals surface area contributed by atoms with Crippen molar-refractivity contribution in [3.63, 3.8) is 0 Å². The molecule has 5 rings (SSSR count). The lowest BCUT2D eigenvalue weighted by Gasteiger charge is -2.17. The van der Waals surface area contributed by atoms with Gasteiger partial charge in [-0.15, -0.1) is 11.3 Å². The average molecular weight is 499 g/mol. The summed E-state index contributed by atoms with van der Waals surface area (Å²) in [6, 6.07) is 26.8. The highest BCUT2D eigenvalue weighted by Gasteiger charge is 2.18. The highest BCUT2D eigenvalue weighted by molar-refractivity contribution is 7.98. The number of carbonyl (C=O) groups excluding carboxylic acids is 1. The molecule has 5 aromatic rings.